The van der Waals surface area contributed by atoms with E-state index in [1.54, 1.807) is 4.90 Å². The molecule has 0 saturated carbocycles. The van der Waals surface area contributed by atoms with Crippen LogP contribution in [0.15, 0.2) is 35.4 Å². The molecule has 2 heterocycles. The number of aromatic nitrogens is 1. The molecule has 1 aromatic heterocycles. The predicted molar refractivity (Wildman–Crippen MR) is 115 cm³/mol. The number of hydrogen-bond donors (Lipinski definition) is 1. The maximum absolute atomic E-state index is 13.2. The van der Waals surface area contributed by atoms with Gasteiger partial charge in [-0.3, -0.25) is 9.52 Å². The van der Waals surface area contributed by atoms with Crippen LogP contribution < -0.4 is 4.72 Å². The summed E-state index contributed by atoms with van der Waals surface area (Å²) in [6, 6.07) is 3.24. The van der Waals surface area contributed by atoms with Crippen LogP contribution in [-0.2, 0) is 16.2 Å². The van der Waals surface area contributed by atoms with Crippen molar-refractivity contribution in [1.82, 2.24) is 9.88 Å². The summed E-state index contributed by atoms with van der Waals surface area (Å²) in [5.41, 5.74) is -1.71. The van der Waals surface area contributed by atoms with Gasteiger partial charge in [-0.2, -0.15) is 13.2 Å². The fourth-order valence-electron chi connectivity index (χ4n) is 3.72. The number of halogens is 5. The number of carbonyl (C=O) groups is 1. The smallest absolute Gasteiger partial charge is 0.332 e. The van der Waals surface area contributed by atoms with Crippen LogP contribution in [0.2, 0.25) is 10.0 Å². The minimum Gasteiger partial charge on any atom is -0.332 e. The Hall–Kier alpha value is -2.04. The van der Waals surface area contributed by atoms with E-state index in [1.807, 2.05) is 13.8 Å². The zero-order valence-electron chi connectivity index (χ0n) is 17.1. The minimum absolute atomic E-state index is 0.0473. The summed E-state index contributed by atoms with van der Waals surface area (Å²) in [5, 5.41) is -0.587. The largest absolute Gasteiger partial charge is 0.417 e. The summed E-state index contributed by atoms with van der Waals surface area (Å²) in [6.07, 6.45) is -1.11. The molecule has 0 aliphatic carbocycles. The summed E-state index contributed by atoms with van der Waals surface area (Å²) in [5.74, 6) is -0.494. The van der Waals surface area contributed by atoms with Gasteiger partial charge in [-0.25, -0.2) is 13.4 Å². The first-order chi connectivity index (χ1) is 14.8. The van der Waals surface area contributed by atoms with E-state index in [2.05, 4.69) is 9.71 Å². The zero-order valence-corrected chi connectivity index (χ0v) is 19.4. The number of alkyl halides is 3. The minimum atomic E-state index is -4.85. The van der Waals surface area contributed by atoms with Gasteiger partial charge >= 0.3 is 6.18 Å². The topological polar surface area (TPSA) is 79.4 Å². The third-order valence-corrected chi connectivity index (χ3v) is 7.18. The van der Waals surface area contributed by atoms with E-state index in [0.717, 1.165) is 31.4 Å². The van der Waals surface area contributed by atoms with E-state index in [0.29, 0.717) is 6.07 Å². The molecule has 1 fully saturated rings. The Morgan fingerprint density at radius 2 is 1.78 bits per heavy atom. The molecule has 12 heteroatoms. The summed E-state index contributed by atoms with van der Waals surface area (Å²) in [7, 11) is -4.52. The fraction of sp³-hybridized carbons (Fsp3) is 0.400. The van der Waals surface area contributed by atoms with Crippen LogP contribution in [0.4, 0.5) is 18.9 Å². The van der Waals surface area contributed by atoms with Gasteiger partial charge in [0.25, 0.3) is 15.9 Å². The van der Waals surface area contributed by atoms with Crippen molar-refractivity contribution in [2.45, 2.75) is 56.3 Å². The van der Waals surface area contributed by atoms with Gasteiger partial charge in [0.2, 0.25) is 0 Å². The molecule has 1 aliphatic heterocycles. The van der Waals surface area contributed by atoms with Crippen LogP contribution in [0.25, 0.3) is 0 Å². The molecule has 3 rings (SSSR count). The van der Waals surface area contributed by atoms with Crippen molar-refractivity contribution in [3.05, 3.63) is 51.8 Å². The molecule has 174 valence electrons. The first-order valence-electron chi connectivity index (χ1n) is 9.69. The normalized spacial score (nSPS) is 19.7. The monoisotopic (exact) mass is 509 g/mol. The highest BCUT2D eigenvalue weighted by Gasteiger charge is 2.35. The Morgan fingerprint density at radius 1 is 1.16 bits per heavy atom. The van der Waals surface area contributed by atoms with E-state index in [4.69, 9.17) is 23.2 Å². The van der Waals surface area contributed by atoms with E-state index >= 15 is 0 Å². The molecule has 0 radical (unpaired) electrons. The van der Waals surface area contributed by atoms with Crippen molar-refractivity contribution in [2.75, 3.05) is 4.72 Å². The number of nitrogens with one attached hydrogen (secondary N) is 1. The Morgan fingerprint density at radius 3 is 2.38 bits per heavy atom. The summed E-state index contributed by atoms with van der Waals surface area (Å²) >= 11 is 11.5. The molecule has 2 unspecified atom stereocenters. The van der Waals surface area contributed by atoms with Crippen molar-refractivity contribution in [3.8, 4) is 0 Å². The van der Waals surface area contributed by atoms with Crippen LogP contribution in [-0.4, -0.2) is 36.3 Å². The number of rotatable bonds is 4. The number of anilines is 1. The SMILES string of the molecule is CC1CCCC(C)N1C(=O)c1ncc(Cl)cc1NS(=O)(=O)c1ccc(Cl)c(C(F)(F)F)c1. The second kappa shape index (κ2) is 9.07. The number of hydrogen-bond acceptors (Lipinski definition) is 4. The number of pyridine rings is 1. The first kappa shape index (κ1) is 24.6. The Balaban J connectivity index is 2.01. The molecule has 1 N–H and O–H groups in total. The van der Waals surface area contributed by atoms with Gasteiger partial charge in [-0.05, 0) is 57.4 Å². The van der Waals surface area contributed by atoms with Crippen molar-refractivity contribution in [3.63, 3.8) is 0 Å². The number of likely N-dealkylation sites (tertiary alicyclic amines) is 1. The highest BCUT2D eigenvalue weighted by atomic mass is 35.5. The van der Waals surface area contributed by atoms with Gasteiger partial charge in [0.1, 0.15) is 0 Å². The molecule has 2 aromatic rings. The molecule has 1 aliphatic rings. The molecule has 0 bridgehead atoms. The number of benzene rings is 1. The van der Waals surface area contributed by atoms with Crippen molar-refractivity contribution >= 4 is 44.8 Å². The third-order valence-electron chi connectivity index (χ3n) is 5.28. The van der Waals surface area contributed by atoms with Gasteiger partial charge in [0, 0.05) is 18.3 Å². The third kappa shape index (κ3) is 5.13. The lowest BCUT2D eigenvalue weighted by Gasteiger charge is -2.39. The second-order valence-corrected chi connectivity index (χ2v) is 10.2. The van der Waals surface area contributed by atoms with Gasteiger partial charge in [-0.15, -0.1) is 0 Å². The maximum Gasteiger partial charge on any atom is 0.417 e. The van der Waals surface area contributed by atoms with Crippen LogP contribution in [0.1, 0.15) is 49.2 Å². The van der Waals surface area contributed by atoms with E-state index in [-0.39, 0.29) is 28.5 Å². The molecule has 1 amide bonds. The van der Waals surface area contributed by atoms with Crippen LogP contribution >= 0.6 is 23.2 Å². The molecular weight excluding hydrogens is 490 g/mol. The average molecular weight is 510 g/mol. The second-order valence-electron chi connectivity index (χ2n) is 7.64. The average Bonchev–Trinajstić information content (AvgIpc) is 2.66. The Bertz CT molecular complexity index is 1130. The molecule has 1 saturated heterocycles. The first-order valence-corrected chi connectivity index (χ1v) is 11.9. The van der Waals surface area contributed by atoms with Crippen molar-refractivity contribution in [2.24, 2.45) is 0 Å². The van der Waals surface area contributed by atoms with Crippen LogP contribution in [0.5, 0.6) is 0 Å². The molecular formula is C20H20Cl2F3N3O3S. The Kier molecular flexibility index (Phi) is 6.97. The predicted octanol–water partition coefficient (Wildman–Crippen LogP) is 5.61. The lowest BCUT2D eigenvalue weighted by molar-refractivity contribution is -0.137. The number of amides is 1. The number of carbonyl (C=O) groups excluding carboxylic acids is 1. The van der Waals surface area contributed by atoms with Crippen molar-refractivity contribution < 1.29 is 26.4 Å². The summed E-state index contributed by atoms with van der Waals surface area (Å²) in [4.78, 5) is 18.2. The van der Waals surface area contributed by atoms with Crippen molar-refractivity contribution in [1.29, 1.82) is 0 Å². The number of sulfonamides is 1. The number of nitrogens with zero attached hydrogens (tertiary/aromatic N) is 2. The quantitative estimate of drug-likeness (QED) is 0.580. The van der Waals surface area contributed by atoms with Gasteiger partial charge in [0.05, 0.1) is 26.2 Å². The van der Waals surface area contributed by atoms with E-state index in [1.165, 1.54) is 12.3 Å². The lowest BCUT2D eigenvalue weighted by Crippen LogP contribution is -2.48. The van der Waals surface area contributed by atoms with Crippen LogP contribution in [0, 0.1) is 0 Å². The highest BCUT2D eigenvalue weighted by molar-refractivity contribution is 7.92. The van der Waals surface area contributed by atoms with E-state index < -0.39 is 37.6 Å². The fourth-order valence-corrected chi connectivity index (χ4v) is 5.19. The lowest BCUT2D eigenvalue weighted by atomic mass is 9.97. The highest BCUT2D eigenvalue weighted by Crippen LogP contribution is 2.36. The molecule has 1 aromatic carbocycles. The van der Waals surface area contributed by atoms with Gasteiger partial charge in [-0.1, -0.05) is 23.2 Å². The summed E-state index contributed by atoms with van der Waals surface area (Å²) in [6.45, 7) is 3.78. The molecule has 32 heavy (non-hydrogen) atoms. The van der Waals surface area contributed by atoms with Gasteiger partial charge < -0.3 is 4.90 Å². The molecule has 0 spiro atoms. The maximum atomic E-state index is 13.2. The standard InChI is InChI=1S/C20H20Cl2F3N3O3S/c1-11-4-3-5-12(2)28(11)19(29)18-17(8-13(21)10-26-18)27-32(30,31)14-6-7-16(22)15(9-14)20(23,24)25/h6-12,27H,3-5H2,1-2H3. The van der Waals surface area contributed by atoms with Crippen LogP contribution in [0.3, 0.4) is 0 Å². The van der Waals surface area contributed by atoms with Gasteiger partial charge in [0.15, 0.2) is 5.69 Å². The Labute approximate surface area is 193 Å². The zero-order chi connectivity index (χ0) is 23.8. The number of piperidine rings is 1. The van der Waals surface area contributed by atoms with E-state index in [9.17, 15) is 26.4 Å². The molecule has 6 nitrogen and oxygen atoms in total. The summed E-state index contributed by atoms with van der Waals surface area (Å²) < 4.78 is 67.4. The molecule has 2 atom stereocenters.